The van der Waals surface area contributed by atoms with Crippen LogP contribution in [-0.2, 0) is 6.42 Å². The third-order valence-electron chi connectivity index (χ3n) is 3.65. The maximum atomic E-state index is 12.2. The molecule has 23 heavy (non-hydrogen) atoms. The molecule has 120 valence electrons. The minimum absolute atomic E-state index is 0.186. The second kappa shape index (κ2) is 6.16. The Hall–Kier alpha value is -2.15. The molecular weight excluding hydrogens is 360 g/mol. The fourth-order valence-corrected chi connectivity index (χ4v) is 2.94. The molecule has 0 spiro atoms. The summed E-state index contributed by atoms with van der Waals surface area (Å²) in [5.41, 5.74) is 2.58. The number of hydrogen-bond acceptors (Lipinski definition) is 4. The van der Waals surface area contributed by atoms with Gasteiger partial charge in [-0.1, -0.05) is 29.8 Å². The summed E-state index contributed by atoms with van der Waals surface area (Å²) >= 11 is 3.45. The first kappa shape index (κ1) is 15.7. The van der Waals surface area contributed by atoms with Crippen LogP contribution in [0.1, 0.15) is 36.8 Å². The number of hydrogen-bond donors (Lipinski definition) is 2. The predicted octanol–water partition coefficient (Wildman–Crippen LogP) is 3.13. The number of aromatic amines is 2. The van der Waals surface area contributed by atoms with Crippen molar-refractivity contribution in [3.63, 3.8) is 0 Å². The molecule has 0 aliphatic rings. The second-order valence-corrected chi connectivity index (χ2v) is 6.55. The Kier molecular flexibility index (Phi) is 4.21. The van der Waals surface area contributed by atoms with E-state index in [9.17, 15) is 4.79 Å². The first-order valence-electron chi connectivity index (χ1n) is 7.29. The summed E-state index contributed by atoms with van der Waals surface area (Å²) in [5, 5.41) is 6.98. The van der Waals surface area contributed by atoms with Gasteiger partial charge in [0.25, 0.3) is 5.56 Å². The normalized spacial score (nSPS) is 11.3. The van der Waals surface area contributed by atoms with Crippen molar-refractivity contribution in [2.75, 3.05) is 7.11 Å². The van der Waals surface area contributed by atoms with Gasteiger partial charge in [0.15, 0.2) is 0 Å². The Labute approximate surface area is 141 Å². The maximum Gasteiger partial charge on any atom is 0.276 e. The lowest BCUT2D eigenvalue weighted by atomic mass is 10.1. The molecule has 7 heteroatoms. The average Bonchev–Trinajstić information content (AvgIpc) is 2.92. The smallest absolute Gasteiger partial charge is 0.276 e. The van der Waals surface area contributed by atoms with Gasteiger partial charge in [-0.2, -0.15) is 5.10 Å². The number of benzene rings is 1. The Balaban J connectivity index is 2.09. The van der Waals surface area contributed by atoms with Gasteiger partial charge in [-0.25, -0.2) is 4.98 Å². The van der Waals surface area contributed by atoms with Crippen molar-refractivity contribution in [1.82, 2.24) is 20.2 Å². The van der Waals surface area contributed by atoms with Crippen LogP contribution >= 0.6 is 15.9 Å². The van der Waals surface area contributed by atoms with E-state index in [-0.39, 0.29) is 11.5 Å². The molecule has 0 amide bonds. The minimum atomic E-state index is -0.210. The Morgan fingerprint density at radius 3 is 2.83 bits per heavy atom. The number of fused-ring (bicyclic) bond motifs is 1. The molecule has 0 saturated carbocycles. The number of ether oxygens (including phenoxy) is 1. The fourth-order valence-electron chi connectivity index (χ4n) is 2.53. The van der Waals surface area contributed by atoms with Gasteiger partial charge >= 0.3 is 0 Å². The molecule has 2 heterocycles. The highest BCUT2D eigenvalue weighted by Crippen LogP contribution is 2.25. The molecule has 6 nitrogen and oxygen atoms in total. The Bertz CT molecular complexity index is 914. The van der Waals surface area contributed by atoms with E-state index < -0.39 is 0 Å². The highest BCUT2D eigenvalue weighted by molar-refractivity contribution is 9.10. The van der Waals surface area contributed by atoms with Crippen LogP contribution in [0.2, 0.25) is 0 Å². The van der Waals surface area contributed by atoms with Gasteiger partial charge in [0.2, 0.25) is 0 Å². The van der Waals surface area contributed by atoms with E-state index in [4.69, 9.17) is 4.74 Å². The van der Waals surface area contributed by atoms with Crippen molar-refractivity contribution in [3.8, 4) is 5.75 Å². The van der Waals surface area contributed by atoms with E-state index in [1.54, 1.807) is 7.11 Å². The molecule has 0 aliphatic heterocycles. The number of nitrogens with one attached hydrogen (secondary N) is 2. The molecule has 0 bridgehead atoms. The molecule has 2 N–H and O–H groups in total. The Morgan fingerprint density at radius 1 is 1.35 bits per heavy atom. The molecule has 3 rings (SSSR count). The van der Waals surface area contributed by atoms with E-state index in [2.05, 4.69) is 36.1 Å². The van der Waals surface area contributed by atoms with E-state index in [0.29, 0.717) is 23.3 Å². The highest BCUT2D eigenvalue weighted by atomic mass is 79.9. The number of H-pyrrole nitrogens is 2. The summed E-state index contributed by atoms with van der Waals surface area (Å²) in [7, 11) is 1.62. The first-order chi connectivity index (χ1) is 11.0. The molecule has 2 aromatic heterocycles. The molecule has 0 radical (unpaired) electrons. The van der Waals surface area contributed by atoms with Crippen molar-refractivity contribution in [3.05, 3.63) is 50.1 Å². The molecule has 0 atom stereocenters. The predicted molar refractivity (Wildman–Crippen MR) is 92.1 cm³/mol. The van der Waals surface area contributed by atoms with E-state index in [1.807, 2.05) is 32.0 Å². The number of aromatic nitrogens is 4. The SMILES string of the molecule is COc1ccc(Br)cc1Cc1nc2c(C(C)C)n[nH]c2c(=O)[nH]1. The monoisotopic (exact) mass is 376 g/mol. The molecule has 1 aromatic carbocycles. The summed E-state index contributed by atoms with van der Waals surface area (Å²) in [5.74, 6) is 1.53. The van der Waals surface area contributed by atoms with E-state index in [0.717, 1.165) is 21.5 Å². The lowest BCUT2D eigenvalue weighted by molar-refractivity contribution is 0.410. The van der Waals surface area contributed by atoms with Crippen LogP contribution in [0.5, 0.6) is 5.75 Å². The number of nitrogens with zero attached hydrogens (tertiary/aromatic N) is 2. The van der Waals surface area contributed by atoms with Crippen LogP contribution in [0.4, 0.5) is 0 Å². The fraction of sp³-hybridized carbons (Fsp3) is 0.312. The largest absolute Gasteiger partial charge is 0.496 e. The third-order valence-corrected chi connectivity index (χ3v) is 4.14. The summed E-state index contributed by atoms with van der Waals surface area (Å²) in [6.45, 7) is 4.05. The summed E-state index contributed by atoms with van der Waals surface area (Å²) < 4.78 is 6.33. The first-order valence-corrected chi connectivity index (χ1v) is 8.08. The topological polar surface area (TPSA) is 83.7 Å². The quantitative estimate of drug-likeness (QED) is 0.732. The lowest BCUT2D eigenvalue weighted by Crippen LogP contribution is -2.12. The van der Waals surface area contributed by atoms with Gasteiger partial charge < -0.3 is 9.72 Å². The zero-order valence-electron chi connectivity index (χ0n) is 13.1. The molecular formula is C16H17BrN4O2. The van der Waals surface area contributed by atoms with Crippen LogP contribution in [0.3, 0.4) is 0 Å². The van der Waals surface area contributed by atoms with Crippen molar-refractivity contribution >= 4 is 27.0 Å². The second-order valence-electron chi connectivity index (χ2n) is 5.63. The zero-order chi connectivity index (χ0) is 16.6. The number of halogens is 1. The van der Waals surface area contributed by atoms with Crippen LogP contribution < -0.4 is 10.3 Å². The third kappa shape index (κ3) is 3.01. The van der Waals surface area contributed by atoms with Gasteiger partial charge in [-0.15, -0.1) is 0 Å². The summed E-state index contributed by atoms with van der Waals surface area (Å²) in [6, 6.07) is 5.75. The zero-order valence-corrected chi connectivity index (χ0v) is 14.7. The minimum Gasteiger partial charge on any atom is -0.496 e. The molecule has 0 fully saturated rings. The van der Waals surface area contributed by atoms with Crippen LogP contribution in [0.15, 0.2) is 27.5 Å². The van der Waals surface area contributed by atoms with Gasteiger partial charge in [0.1, 0.15) is 22.6 Å². The van der Waals surface area contributed by atoms with Crippen LogP contribution in [0, 0.1) is 0 Å². The van der Waals surface area contributed by atoms with Crippen molar-refractivity contribution in [2.45, 2.75) is 26.2 Å². The van der Waals surface area contributed by atoms with Crippen LogP contribution in [-0.4, -0.2) is 27.3 Å². The summed E-state index contributed by atoms with van der Waals surface area (Å²) in [4.78, 5) is 19.7. The van der Waals surface area contributed by atoms with Gasteiger partial charge in [-0.05, 0) is 24.1 Å². The van der Waals surface area contributed by atoms with E-state index in [1.165, 1.54) is 0 Å². The van der Waals surface area contributed by atoms with E-state index >= 15 is 0 Å². The van der Waals surface area contributed by atoms with Crippen molar-refractivity contribution < 1.29 is 4.74 Å². The van der Waals surface area contributed by atoms with Crippen LogP contribution in [0.25, 0.3) is 11.0 Å². The number of methoxy groups -OCH3 is 1. The molecule has 0 aliphatic carbocycles. The van der Waals surface area contributed by atoms with Crippen molar-refractivity contribution in [1.29, 1.82) is 0 Å². The maximum absolute atomic E-state index is 12.2. The average molecular weight is 377 g/mol. The molecule has 0 saturated heterocycles. The summed E-state index contributed by atoms with van der Waals surface area (Å²) in [6.07, 6.45) is 0.469. The highest BCUT2D eigenvalue weighted by Gasteiger charge is 2.15. The number of rotatable bonds is 4. The van der Waals surface area contributed by atoms with Gasteiger partial charge in [-0.3, -0.25) is 9.89 Å². The Morgan fingerprint density at radius 2 is 2.13 bits per heavy atom. The van der Waals surface area contributed by atoms with Gasteiger partial charge in [0, 0.05) is 16.5 Å². The van der Waals surface area contributed by atoms with Gasteiger partial charge in [0.05, 0.1) is 12.8 Å². The molecule has 3 aromatic rings. The molecule has 0 unspecified atom stereocenters. The standard InChI is InChI=1S/C16H17BrN4O2/c1-8(2)13-14-15(21-20-13)16(22)19-12(18-14)7-9-6-10(17)4-5-11(9)23-3/h4-6,8H,7H2,1-3H3,(H,20,21)(H,18,19,22). The lowest BCUT2D eigenvalue weighted by Gasteiger charge is -2.09. The van der Waals surface area contributed by atoms with Crippen molar-refractivity contribution in [2.24, 2.45) is 0 Å².